The smallest absolute Gasteiger partial charge is 0.262 e. The third-order valence-corrected chi connectivity index (χ3v) is 6.33. The van der Waals surface area contributed by atoms with Gasteiger partial charge in [0.1, 0.15) is 24.0 Å². The first-order valence-electron chi connectivity index (χ1n) is 11.5. The molecule has 1 N–H and O–H groups in total. The van der Waals surface area contributed by atoms with Gasteiger partial charge in [-0.15, -0.1) is 0 Å². The third kappa shape index (κ3) is 6.49. The van der Waals surface area contributed by atoms with Crippen LogP contribution in [0.3, 0.4) is 0 Å². The fourth-order valence-electron chi connectivity index (χ4n) is 3.78. The molecule has 0 radical (unpaired) electrons. The first-order chi connectivity index (χ1) is 18.0. The van der Waals surface area contributed by atoms with Crippen molar-refractivity contribution in [3.8, 4) is 23.3 Å². The lowest BCUT2D eigenvalue weighted by atomic mass is 10.1. The van der Waals surface area contributed by atoms with Crippen molar-refractivity contribution in [3.05, 3.63) is 106 Å². The molecule has 0 aliphatic carbocycles. The number of rotatable bonds is 9. The molecule has 37 heavy (non-hydrogen) atoms. The minimum atomic E-state index is -0.468. The number of carbonyl (C=O) groups excluding carboxylic acids is 1. The summed E-state index contributed by atoms with van der Waals surface area (Å²) in [6.07, 6.45) is 1.52. The van der Waals surface area contributed by atoms with Gasteiger partial charge in [-0.05, 0) is 79.8 Å². The van der Waals surface area contributed by atoms with E-state index < -0.39 is 5.91 Å². The lowest BCUT2D eigenvalue weighted by Gasteiger charge is -2.14. The van der Waals surface area contributed by atoms with Crippen LogP contribution in [-0.4, -0.2) is 20.1 Å². The third-order valence-electron chi connectivity index (χ3n) is 5.74. The van der Waals surface area contributed by atoms with Crippen molar-refractivity contribution in [2.24, 2.45) is 0 Å². The molecule has 0 heterocycles. The number of halogens is 1. The topological polar surface area (TPSA) is 80.6 Å². The second-order valence-corrected chi connectivity index (χ2v) is 9.06. The van der Waals surface area contributed by atoms with Gasteiger partial charge in [0, 0.05) is 6.54 Å². The maximum Gasteiger partial charge on any atom is 0.262 e. The Labute approximate surface area is 224 Å². The van der Waals surface area contributed by atoms with E-state index in [1.54, 1.807) is 26.4 Å². The monoisotopic (exact) mass is 556 g/mol. The zero-order valence-electron chi connectivity index (χ0n) is 20.5. The first kappa shape index (κ1) is 25.8. The molecule has 7 heteroatoms. The summed E-state index contributed by atoms with van der Waals surface area (Å²) in [6.45, 7) is 0.641. The maximum absolute atomic E-state index is 12.6. The second-order valence-electron chi connectivity index (χ2n) is 8.20. The van der Waals surface area contributed by atoms with E-state index in [2.05, 4.69) is 45.5 Å². The van der Waals surface area contributed by atoms with Crippen LogP contribution in [0.5, 0.6) is 17.2 Å². The van der Waals surface area contributed by atoms with Gasteiger partial charge in [0.15, 0.2) is 11.5 Å². The molecule has 1 amide bonds. The van der Waals surface area contributed by atoms with Crippen molar-refractivity contribution in [2.75, 3.05) is 14.2 Å². The molecule has 0 saturated carbocycles. The first-order valence-corrected chi connectivity index (χ1v) is 12.3. The summed E-state index contributed by atoms with van der Waals surface area (Å²) >= 11 is 3.55. The largest absolute Gasteiger partial charge is 0.497 e. The van der Waals surface area contributed by atoms with Crippen molar-refractivity contribution >= 4 is 38.7 Å². The van der Waals surface area contributed by atoms with E-state index >= 15 is 0 Å². The van der Waals surface area contributed by atoms with Crippen LogP contribution in [0.25, 0.3) is 16.8 Å². The standard InChI is InChI=1S/C30H25BrN2O4/c1-35-26-11-8-20(9-12-26)18-33-30(34)25(17-32)14-22-15-27(31)29(28(16-22)36-2)37-19-21-7-10-23-5-3-4-6-24(23)13-21/h3-16H,18-19H2,1-2H3,(H,33,34)/b25-14-. The van der Waals surface area contributed by atoms with E-state index in [0.717, 1.165) is 22.3 Å². The highest BCUT2D eigenvalue weighted by Gasteiger charge is 2.14. The molecule has 0 fully saturated rings. The summed E-state index contributed by atoms with van der Waals surface area (Å²) in [4.78, 5) is 12.6. The Morgan fingerprint density at radius 2 is 1.68 bits per heavy atom. The highest BCUT2D eigenvalue weighted by atomic mass is 79.9. The average Bonchev–Trinajstić information content (AvgIpc) is 2.93. The number of fused-ring (bicyclic) bond motifs is 1. The number of nitrogens with zero attached hydrogens (tertiary/aromatic N) is 1. The fraction of sp³-hybridized carbons (Fsp3) is 0.133. The number of methoxy groups -OCH3 is 2. The predicted octanol–water partition coefficient (Wildman–Crippen LogP) is 6.42. The molecule has 0 aliphatic rings. The van der Waals surface area contributed by atoms with Crippen LogP contribution in [0.15, 0.2) is 88.9 Å². The van der Waals surface area contributed by atoms with Crippen molar-refractivity contribution in [1.29, 1.82) is 5.26 Å². The van der Waals surface area contributed by atoms with Crippen LogP contribution in [0.1, 0.15) is 16.7 Å². The normalized spacial score (nSPS) is 11.0. The molecule has 6 nitrogen and oxygen atoms in total. The summed E-state index contributed by atoms with van der Waals surface area (Å²) in [6, 6.07) is 27.2. The van der Waals surface area contributed by atoms with Gasteiger partial charge in [-0.2, -0.15) is 5.26 Å². The maximum atomic E-state index is 12.6. The minimum absolute atomic E-state index is 0.0210. The predicted molar refractivity (Wildman–Crippen MR) is 147 cm³/mol. The van der Waals surface area contributed by atoms with E-state index in [-0.39, 0.29) is 12.1 Å². The summed E-state index contributed by atoms with van der Waals surface area (Å²) in [5.74, 6) is 1.29. The quantitative estimate of drug-likeness (QED) is 0.190. The van der Waals surface area contributed by atoms with Crippen molar-refractivity contribution in [2.45, 2.75) is 13.2 Å². The summed E-state index contributed by atoms with van der Waals surface area (Å²) in [5.41, 5.74) is 2.52. The van der Waals surface area contributed by atoms with Gasteiger partial charge in [0.2, 0.25) is 0 Å². The van der Waals surface area contributed by atoms with Crippen molar-refractivity contribution < 1.29 is 19.0 Å². The molecule has 0 atom stereocenters. The number of carbonyl (C=O) groups is 1. The number of nitriles is 1. The molecule has 0 aromatic heterocycles. The number of hydrogen-bond donors (Lipinski definition) is 1. The zero-order chi connectivity index (χ0) is 26.2. The van der Waals surface area contributed by atoms with Crippen LogP contribution < -0.4 is 19.5 Å². The van der Waals surface area contributed by atoms with E-state index in [4.69, 9.17) is 14.2 Å². The number of amides is 1. The molecule has 186 valence electrons. The van der Waals surface area contributed by atoms with Gasteiger partial charge in [-0.1, -0.05) is 48.5 Å². The van der Waals surface area contributed by atoms with Gasteiger partial charge in [-0.25, -0.2) is 0 Å². The molecule has 0 unspecified atom stereocenters. The van der Waals surface area contributed by atoms with Crippen LogP contribution in [0.2, 0.25) is 0 Å². The van der Waals surface area contributed by atoms with E-state index in [9.17, 15) is 10.1 Å². The van der Waals surface area contributed by atoms with Gasteiger partial charge in [-0.3, -0.25) is 4.79 Å². The fourth-order valence-corrected chi connectivity index (χ4v) is 4.36. The van der Waals surface area contributed by atoms with Crippen LogP contribution >= 0.6 is 15.9 Å². The van der Waals surface area contributed by atoms with Crippen LogP contribution in [-0.2, 0) is 17.9 Å². The average molecular weight is 557 g/mol. The van der Waals surface area contributed by atoms with Crippen molar-refractivity contribution in [1.82, 2.24) is 5.32 Å². The van der Waals surface area contributed by atoms with E-state index in [1.165, 1.54) is 11.5 Å². The Morgan fingerprint density at radius 3 is 2.38 bits per heavy atom. The minimum Gasteiger partial charge on any atom is -0.497 e. The Balaban J connectivity index is 1.47. The number of nitrogens with one attached hydrogen (secondary N) is 1. The van der Waals surface area contributed by atoms with Gasteiger partial charge < -0.3 is 19.5 Å². The molecule has 4 aromatic rings. The highest BCUT2D eigenvalue weighted by molar-refractivity contribution is 9.10. The number of ether oxygens (including phenoxy) is 3. The molecule has 4 rings (SSSR count). The SMILES string of the molecule is COc1ccc(CNC(=O)/C(C#N)=C\c2cc(Br)c(OCc3ccc4ccccc4c3)c(OC)c2)cc1. The molecule has 0 spiro atoms. The molecule has 0 saturated heterocycles. The second kappa shape index (κ2) is 12.1. The van der Waals surface area contributed by atoms with Gasteiger partial charge in [0.25, 0.3) is 5.91 Å². The lowest BCUT2D eigenvalue weighted by Crippen LogP contribution is -2.23. The van der Waals surface area contributed by atoms with Crippen LogP contribution in [0.4, 0.5) is 0 Å². The Kier molecular flexibility index (Phi) is 8.44. The van der Waals surface area contributed by atoms with Crippen LogP contribution in [0, 0.1) is 11.3 Å². The lowest BCUT2D eigenvalue weighted by molar-refractivity contribution is -0.117. The summed E-state index contributed by atoms with van der Waals surface area (Å²) in [7, 11) is 3.14. The molecule has 4 aromatic carbocycles. The Bertz CT molecular complexity index is 1490. The van der Waals surface area contributed by atoms with Gasteiger partial charge >= 0.3 is 0 Å². The number of hydrogen-bond acceptors (Lipinski definition) is 5. The summed E-state index contributed by atoms with van der Waals surface area (Å²) in [5, 5.41) is 14.7. The highest BCUT2D eigenvalue weighted by Crippen LogP contribution is 2.38. The Hall–Kier alpha value is -4.28. The molecule has 0 bridgehead atoms. The van der Waals surface area contributed by atoms with Gasteiger partial charge in [0.05, 0.1) is 18.7 Å². The summed E-state index contributed by atoms with van der Waals surface area (Å²) < 4.78 is 17.4. The Morgan fingerprint density at radius 1 is 0.946 bits per heavy atom. The molecular weight excluding hydrogens is 532 g/mol. The zero-order valence-corrected chi connectivity index (χ0v) is 22.0. The molecule has 0 aliphatic heterocycles. The number of benzene rings is 4. The van der Waals surface area contributed by atoms with E-state index in [0.29, 0.717) is 28.1 Å². The van der Waals surface area contributed by atoms with Crippen molar-refractivity contribution in [3.63, 3.8) is 0 Å². The molecular formula is C30H25BrN2O4. The van der Waals surface area contributed by atoms with E-state index in [1.807, 2.05) is 48.5 Å².